The highest BCUT2D eigenvalue weighted by molar-refractivity contribution is 5.96. The first-order valence-corrected chi connectivity index (χ1v) is 10.6. The van der Waals surface area contributed by atoms with Crippen LogP contribution in [0.4, 0.5) is 10.5 Å². The van der Waals surface area contributed by atoms with Gasteiger partial charge < -0.3 is 25.0 Å². The molecular weight excluding hydrogens is 392 g/mol. The number of hydrogen-bond acceptors (Lipinski definition) is 4. The van der Waals surface area contributed by atoms with E-state index >= 15 is 0 Å². The molecule has 4 rings (SSSR count). The lowest BCUT2D eigenvalue weighted by molar-refractivity contribution is 0.245. The number of nitriles is 1. The number of ether oxygens (including phenoxy) is 1. The number of aliphatic hydroxyl groups excluding tert-OH is 1. The molecule has 0 saturated heterocycles. The van der Waals surface area contributed by atoms with Crippen LogP contribution < -0.4 is 15.4 Å². The number of nitrogens with zero attached hydrogens (tertiary/aromatic N) is 2. The lowest BCUT2D eigenvalue weighted by atomic mass is 9.92. The molecule has 0 atom stereocenters. The Balaban J connectivity index is 1.76. The quantitative estimate of drug-likeness (QED) is 0.529. The Morgan fingerprint density at radius 1 is 1.26 bits per heavy atom. The van der Waals surface area contributed by atoms with Crippen molar-refractivity contribution in [3.63, 3.8) is 0 Å². The standard InChI is InChI=1S/C24H26N4O3/c1-2-31-19-10-11-20-21(15-25)23(28(22(20)14-19)18-4-3-5-18)16-6-8-17(9-7-16)27-24(30)26-12-13-29/h6-11,14,18,29H,2-5,12-13H2,1H3,(H2,26,27,30). The maximum Gasteiger partial charge on any atom is 0.319 e. The van der Waals surface area contributed by atoms with Crippen molar-refractivity contribution in [1.82, 2.24) is 9.88 Å². The van der Waals surface area contributed by atoms with Gasteiger partial charge in [-0.2, -0.15) is 5.26 Å². The Morgan fingerprint density at radius 3 is 2.65 bits per heavy atom. The number of aromatic nitrogens is 1. The summed E-state index contributed by atoms with van der Waals surface area (Å²) in [5.74, 6) is 0.803. The average molecular weight is 418 g/mol. The molecule has 1 aliphatic carbocycles. The zero-order chi connectivity index (χ0) is 21.8. The van der Waals surface area contributed by atoms with Crippen LogP contribution in [0, 0.1) is 11.3 Å². The fourth-order valence-corrected chi connectivity index (χ4v) is 4.02. The normalized spacial score (nSPS) is 13.5. The van der Waals surface area contributed by atoms with Crippen LogP contribution >= 0.6 is 0 Å². The molecule has 0 spiro atoms. The zero-order valence-electron chi connectivity index (χ0n) is 17.5. The van der Waals surface area contributed by atoms with Gasteiger partial charge in [0.05, 0.1) is 30.0 Å². The number of benzene rings is 2. The minimum atomic E-state index is -0.369. The fourth-order valence-electron chi connectivity index (χ4n) is 4.02. The topological polar surface area (TPSA) is 99.3 Å². The largest absolute Gasteiger partial charge is 0.494 e. The summed E-state index contributed by atoms with van der Waals surface area (Å²) < 4.78 is 8.00. The molecule has 0 aliphatic heterocycles. The maximum absolute atomic E-state index is 11.8. The molecule has 1 aromatic heterocycles. The summed E-state index contributed by atoms with van der Waals surface area (Å²) in [6.07, 6.45) is 3.36. The number of rotatable bonds is 7. The molecule has 3 N–H and O–H groups in total. The summed E-state index contributed by atoms with van der Waals surface area (Å²) >= 11 is 0. The van der Waals surface area contributed by atoms with Gasteiger partial charge in [-0.1, -0.05) is 12.1 Å². The number of hydrogen-bond donors (Lipinski definition) is 3. The van der Waals surface area contributed by atoms with E-state index in [2.05, 4.69) is 21.3 Å². The molecule has 0 unspecified atom stereocenters. The molecule has 3 aromatic rings. The van der Waals surface area contributed by atoms with E-state index in [0.29, 0.717) is 23.9 Å². The van der Waals surface area contributed by atoms with Gasteiger partial charge in [0, 0.05) is 29.7 Å². The molecule has 160 valence electrons. The average Bonchev–Trinajstić information content (AvgIpc) is 3.05. The maximum atomic E-state index is 11.8. The summed E-state index contributed by atoms with van der Waals surface area (Å²) in [7, 11) is 0. The summed E-state index contributed by atoms with van der Waals surface area (Å²) in [6.45, 7) is 2.63. The van der Waals surface area contributed by atoms with Crippen LogP contribution in [0.5, 0.6) is 5.75 Å². The molecule has 31 heavy (non-hydrogen) atoms. The smallest absolute Gasteiger partial charge is 0.319 e. The van der Waals surface area contributed by atoms with Gasteiger partial charge in [0.25, 0.3) is 0 Å². The number of nitrogens with one attached hydrogen (secondary N) is 2. The van der Waals surface area contributed by atoms with E-state index in [1.807, 2.05) is 49.4 Å². The first-order valence-electron chi connectivity index (χ1n) is 10.6. The highest BCUT2D eigenvalue weighted by Crippen LogP contribution is 2.43. The number of carbonyl (C=O) groups excluding carboxylic acids is 1. The minimum Gasteiger partial charge on any atom is -0.494 e. The number of aliphatic hydroxyl groups is 1. The molecule has 1 heterocycles. The van der Waals surface area contributed by atoms with Gasteiger partial charge in [-0.3, -0.25) is 0 Å². The highest BCUT2D eigenvalue weighted by atomic mass is 16.5. The molecule has 2 amide bonds. The Kier molecular flexibility index (Phi) is 6.10. The highest BCUT2D eigenvalue weighted by Gasteiger charge is 2.28. The van der Waals surface area contributed by atoms with Crippen molar-refractivity contribution in [2.45, 2.75) is 32.2 Å². The third kappa shape index (κ3) is 4.07. The van der Waals surface area contributed by atoms with Crippen LogP contribution in [0.15, 0.2) is 42.5 Å². The summed E-state index contributed by atoms with van der Waals surface area (Å²) in [5, 5.41) is 25.1. The predicted molar refractivity (Wildman–Crippen MR) is 120 cm³/mol. The van der Waals surface area contributed by atoms with Crippen LogP contribution in [0.3, 0.4) is 0 Å². The van der Waals surface area contributed by atoms with Crippen molar-refractivity contribution in [3.8, 4) is 23.1 Å². The summed E-state index contributed by atoms with van der Waals surface area (Å²) in [5.41, 5.74) is 4.16. The van der Waals surface area contributed by atoms with Crippen molar-refractivity contribution >= 4 is 22.6 Å². The van der Waals surface area contributed by atoms with E-state index in [4.69, 9.17) is 9.84 Å². The van der Waals surface area contributed by atoms with Crippen LogP contribution in [0.25, 0.3) is 22.2 Å². The summed E-state index contributed by atoms with van der Waals surface area (Å²) in [4.78, 5) is 11.8. The Bertz CT molecular complexity index is 1120. The number of fused-ring (bicyclic) bond motifs is 1. The molecule has 0 radical (unpaired) electrons. The monoisotopic (exact) mass is 418 g/mol. The number of urea groups is 1. The van der Waals surface area contributed by atoms with E-state index in [0.717, 1.165) is 40.8 Å². The second-order valence-corrected chi connectivity index (χ2v) is 7.58. The van der Waals surface area contributed by atoms with Crippen molar-refractivity contribution in [3.05, 3.63) is 48.0 Å². The zero-order valence-corrected chi connectivity index (χ0v) is 17.5. The van der Waals surface area contributed by atoms with E-state index in [1.54, 1.807) is 0 Å². The van der Waals surface area contributed by atoms with Gasteiger partial charge in [-0.05, 0) is 56.0 Å². The van der Waals surface area contributed by atoms with E-state index in [9.17, 15) is 10.1 Å². The molecule has 7 heteroatoms. The molecular formula is C24H26N4O3. The van der Waals surface area contributed by atoms with Crippen LogP contribution in [-0.2, 0) is 0 Å². The van der Waals surface area contributed by atoms with Crippen molar-refractivity contribution in [2.24, 2.45) is 0 Å². The first kappa shape index (κ1) is 20.8. The van der Waals surface area contributed by atoms with Gasteiger partial charge in [0.2, 0.25) is 0 Å². The summed E-state index contributed by atoms with van der Waals surface area (Å²) in [6, 6.07) is 15.8. The van der Waals surface area contributed by atoms with Gasteiger partial charge in [0.1, 0.15) is 11.8 Å². The molecule has 0 bridgehead atoms. The molecule has 1 fully saturated rings. The van der Waals surface area contributed by atoms with E-state index in [-0.39, 0.29) is 19.2 Å². The van der Waals surface area contributed by atoms with E-state index < -0.39 is 0 Å². The molecule has 2 aromatic carbocycles. The number of carbonyl (C=O) groups is 1. The molecule has 7 nitrogen and oxygen atoms in total. The third-order valence-corrected chi connectivity index (χ3v) is 5.65. The van der Waals surface area contributed by atoms with Crippen molar-refractivity contribution < 1.29 is 14.6 Å². The lowest BCUT2D eigenvalue weighted by Crippen LogP contribution is -2.30. The molecule has 1 saturated carbocycles. The second kappa shape index (κ2) is 9.11. The lowest BCUT2D eigenvalue weighted by Gasteiger charge is -2.30. The minimum absolute atomic E-state index is 0.111. The number of anilines is 1. The Hall–Kier alpha value is -3.50. The molecule has 1 aliphatic rings. The third-order valence-electron chi connectivity index (χ3n) is 5.65. The first-order chi connectivity index (χ1) is 15.2. The SMILES string of the molecule is CCOc1ccc2c(C#N)c(-c3ccc(NC(=O)NCCO)cc3)n(C3CCC3)c2c1. The second-order valence-electron chi connectivity index (χ2n) is 7.58. The van der Waals surface area contributed by atoms with Gasteiger partial charge >= 0.3 is 6.03 Å². The van der Waals surface area contributed by atoms with Crippen LogP contribution in [0.1, 0.15) is 37.8 Å². The fraction of sp³-hybridized carbons (Fsp3) is 0.333. The predicted octanol–water partition coefficient (Wildman–Crippen LogP) is 4.42. The Morgan fingerprint density at radius 2 is 2.03 bits per heavy atom. The van der Waals surface area contributed by atoms with E-state index in [1.165, 1.54) is 6.42 Å². The van der Waals surface area contributed by atoms with Crippen molar-refractivity contribution in [1.29, 1.82) is 5.26 Å². The number of amides is 2. The van der Waals surface area contributed by atoms with Crippen molar-refractivity contribution in [2.75, 3.05) is 25.1 Å². The van der Waals surface area contributed by atoms with Crippen LogP contribution in [0.2, 0.25) is 0 Å². The van der Waals surface area contributed by atoms with Gasteiger partial charge in [-0.15, -0.1) is 0 Å². The van der Waals surface area contributed by atoms with Gasteiger partial charge in [0.15, 0.2) is 0 Å². The Labute approximate surface area is 181 Å². The van der Waals surface area contributed by atoms with Crippen LogP contribution in [-0.4, -0.2) is 35.5 Å². The van der Waals surface area contributed by atoms with Gasteiger partial charge in [-0.25, -0.2) is 4.79 Å².